The molecule has 1 fully saturated rings. The first kappa shape index (κ1) is 22.2. The van der Waals surface area contributed by atoms with Crippen molar-refractivity contribution in [2.75, 3.05) is 26.7 Å². The molecule has 1 aliphatic rings. The summed E-state index contributed by atoms with van der Waals surface area (Å²) in [6.07, 6.45) is 1.06. The summed E-state index contributed by atoms with van der Waals surface area (Å²) in [6.45, 7) is 2.59. The summed E-state index contributed by atoms with van der Waals surface area (Å²) in [5.41, 5.74) is 3.49. The number of likely N-dealkylation sites (tertiary alicyclic amines) is 1. The van der Waals surface area contributed by atoms with E-state index in [1.165, 1.54) is 0 Å². The molecule has 4 nitrogen and oxygen atoms in total. The molecule has 0 saturated carbocycles. The smallest absolute Gasteiger partial charge is 0.254 e. The summed E-state index contributed by atoms with van der Waals surface area (Å²) in [4.78, 5) is 20.0. The van der Waals surface area contributed by atoms with Gasteiger partial charge >= 0.3 is 0 Å². The maximum absolute atomic E-state index is 13.3. The van der Waals surface area contributed by atoms with Crippen LogP contribution in [0.2, 0.25) is 0 Å². The maximum atomic E-state index is 13.3. The molecule has 0 aliphatic carbocycles. The van der Waals surface area contributed by atoms with Crippen LogP contribution in [0, 0.1) is 5.92 Å². The lowest BCUT2D eigenvalue weighted by atomic mass is 10.0. The Morgan fingerprint density at radius 1 is 1.11 bits per heavy atom. The number of hydrogen-bond acceptors (Lipinski definition) is 3. The molecule has 28 heavy (non-hydrogen) atoms. The van der Waals surface area contributed by atoms with Crippen LogP contribution in [-0.4, -0.2) is 42.5 Å². The zero-order valence-corrected chi connectivity index (χ0v) is 17.4. The molecular formula is C22H25Cl2N3O. The predicted octanol–water partition coefficient (Wildman–Crippen LogP) is 4.43. The fraction of sp³-hybridized carbons (Fsp3) is 0.273. The second-order valence-corrected chi connectivity index (χ2v) is 6.90. The quantitative estimate of drug-likeness (QED) is 0.682. The number of carbonyl (C=O) groups is 1. The van der Waals surface area contributed by atoms with Gasteiger partial charge in [0.1, 0.15) is 0 Å². The minimum atomic E-state index is 0. The summed E-state index contributed by atoms with van der Waals surface area (Å²) in [5, 5.41) is 4.15. The molecule has 1 aliphatic heterocycles. The highest BCUT2D eigenvalue weighted by Crippen LogP contribution is 2.27. The van der Waals surface area contributed by atoms with Crippen LogP contribution in [0.3, 0.4) is 0 Å². The number of amides is 1. The van der Waals surface area contributed by atoms with Crippen molar-refractivity contribution in [1.82, 2.24) is 15.2 Å². The van der Waals surface area contributed by atoms with Crippen molar-refractivity contribution in [2.24, 2.45) is 5.92 Å². The molecule has 4 rings (SSSR count). The third kappa shape index (κ3) is 4.46. The summed E-state index contributed by atoms with van der Waals surface area (Å²) in [5.74, 6) is 0.644. The number of rotatable bonds is 4. The van der Waals surface area contributed by atoms with Crippen molar-refractivity contribution in [2.45, 2.75) is 6.42 Å². The normalized spacial score (nSPS) is 15.8. The van der Waals surface area contributed by atoms with Crippen molar-refractivity contribution in [3.8, 4) is 11.3 Å². The summed E-state index contributed by atoms with van der Waals surface area (Å²) < 4.78 is 0. The van der Waals surface area contributed by atoms with Gasteiger partial charge in [-0.1, -0.05) is 48.5 Å². The molecule has 1 saturated heterocycles. The molecule has 2 heterocycles. The van der Waals surface area contributed by atoms with Gasteiger partial charge in [0.15, 0.2) is 0 Å². The monoisotopic (exact) mass is 417 g/mol. The van der Waals surface area contributed by atoms with Crippen LogP contribution in [0.4, 0.5) is 0 Å². The second kappa shape index (κ2) is 9.87. The van der Waals surface area contributed by atoms with Crippen LogP contribution >= 0.6 is 24.8 Å². The third-order valence-electron chi connectivity index (χ3n) is 5.08. The van der Waals surface area contributed by atoms with Gasteiger partial charge in [0, 0.05) is 24.0 Å². The lowest BCUT2D eigenvalue weighted by Crippen LogP contribution is -2.30. The van der Waals surface area contributed by atoms with Crippen molar-refractivity contribution in [3.63, 3.8) is 0 Å². The minimum absolute atomic E-state index is 0. The number of benzene rings is 2. The van der Waals surface area contributed by atoms with Crippen LogP contribution < -0.4 is 5.32 Å². The average Bonchev–Trinajstić information content (AvgIpc) is 3.16. The van der Waals surface area contributed by atoms with E-state index in [-0.39, 0.29) is 30.7 Å². The first-order valence-electron chi connectivity index (χ1n) is 9.15. The number of nitrogens with one attached hydrogen (secondary N) is 1. The summed E-state index contributed by atoms with van der Waals surface area (Å²) in [7, 11) is 1.97. The van der Waals surface area contributed by atoms with E-state index >= 15 is 0 Å². The first-order chi connectivity index (χ1) is 12.8. The molecule has 0 bridgehead atoms. The highest BCUT2D eigenvalue weighted by atomic mass is 35.5. The van der Waals surface area contributed by atoms with Gasteiger partial charge in [-0.2, -0.15) is 0 Å². The lowest BCUT2D eigenvalue weighted by Gasteiger charge is -2.18. The molecular weight excluding hydrogens is 393 g/mol. The largest absolute Gasteiger partial charge is 0.338 e. The Kier molecular flexibility index (Phi) is 7.81. The molecule has 148 valence electrons. The number of halogens is 2. The second-order valence-electron chi connectivity index (χ2n) is 6.90. The molecule has 1 atom stereocenters. The molecule has 1 N–H and O–H groups in total. The topological polar surface area (TPSA) is 45.2 Å². The number of fused-ring (bicyclic) bond motifs is 1. The molecule has 0 spiro atoms. The molecule has 1 amide bonds. The number of pyridine rings is 1. The molecule has 3 aromatic rings. The highest BCUT2D eigenvalue weighted by molar-refractivity contribution is 6.07. The Bertz CT molecular complexity index is 933. The summed E-state index contributed by atoms with van der Waals surface area (Å²) >= 11 is 0. The Hall–Kier alpha value is -2.14. The van der Waals surface area contributed by atoms with Crippen molar-refractivity contribution < 1.29 is 4.79 Å². The van der Waals surface area contributed by atoms with E-state index in [1.807, 2.05) is 72.6 Å². The Morgan fingerprint density at radius 3 is 2.57 bits per heavy atom. The SMILES string of the molecule is CNCC1CCN(C(=O)c2cc(-c3ccccc3)nc3ccccc23)C1.Cl.Cl. The molecule has 0 radical (unpaired) electrons. The van der Waals surface area contributed by atoms with Gasteiger partial charge in [-0.25, -0.2) is 4.98 Å². The van der Waals surface area contributed by atoms with Crippen molar-refractivity contribution >= 4 is 41.6 Å². The average molecular weight is 418 g/mol. The number of hydrogen-bond donors (Lipinski definition) is 1. The van der Waals surface area contributed by atoms with E-state index in [2.05, 4.69) is 5.32 Å². The molecule has 2 aromatic carbocycles. The summed E-state index contributed by atoms with van der Waals surface area (Å²) in [6, 6.07) is 19.9. The lowest BCUT2D eigenvalue weighted by molar-refractivity contribution is 0.0789. The van der Waals surface area contributed by atoms with Crippen LogP contribution in [0.1, 0.15) is 16.8 Å². The fourth-order valence-electron chi connectivity index (χ4n) is 3.75. The van der Waals surface area contributed by atoms with Crippen LogP contribution in [0.5, 0.6) is 0 Å². The van der Waals surface area contributed by atoms with E-state index < -0.39 is 0 Å². The maximum Gasteiger partial charge on any atom is 0.254 e. The zero-order chi connectivity index (χ0) is 17.9. The fourth-order valence-corrected chi connectivity index (χ4v) is 3.75. The van der Waals surface area contributed by atoms with Crippen LogP contribution in [0.25, 0.3) is 22.2 Å². The van der Waals surface area contributed by atoms with E-state index in [1.54, 1.807) is 0 Å². The number of nitrogens with zero attached hydrogens (tertiary/aromatic N) is 2. The van der Waals surface area contributed by atoms with E-state index in [9.17, 15) is 4.79 Å². The Balaban J connectivity index is 0.00000140. The molecule has 1 aromatic heterocycles. The standard InChI is InChI=1S/C22H23N3O.2ClH/c1-23-14-16-11-12-25(15-16)22(26)19-13-21(17-7-3-2-4-8-17)24-20-10-6-5-9-18(19)20;;/h2-10,13,16,23H,11-12,14-15H2,1H3;2*1H. The Labute approximate surface area is 178 Å². The van der Waals surface area contributed by atoms with Gasteiger partial charge in [0.25, 0.3) is 5.91 Å². The third-order valence-corrected chi connectivity index (χ3v) is 5.08. The number of carbonyl (C=O) groups excluding carboxylic acids is 1. The first-order valence-corrected chi connectivity index (χ1v) is 9.15. The van der Waals surface area contributed by atoms with Gasteiger partial charge in [-0.15, -0.1) is 24.8 Å². The van der Waals surface area contributed by atoms with Crippen LogP contribution in [0.15, 0.2) is 60.7 Å². The Morgan fingerprint density at radius 2 is 1.82 bits per heavy atom. The number of aromatic nitrogens is 1. The predicted molar refractivity (Wildman–Crippen MR) is 120 cm³/mol. The number of para-hydroxylation sites is 1. The highest BCUT2D eigenvalue weighted by Gasteiger charge is 2.27. The van der Waals surface area contributed by atoms with Gasteiger partial charge in [0.05, 0.1) is 16.8 Å². The van der Waals surface area contributed by atoms with Gasteiger partial charge < -0.3 is 10.2 Å². The van der Waals surface area contributed by atoms with Gasteiger partial charge in [-0.05, 0) is 38.1 Å². The van der Waals surface area contributed by atoms with Gasteiger partial charge in [-0.3, -0.25) is 4.79 Å². The van der Waals surface area contributed by atoms with E-state index in [0.717, 1.165) is 53.8 Å². The van der Waals surface area contributed by atoms with E-state index in [4.69, 9.17) is 4.98 Å². The van der Waals surface area contributed by atoms with Crippen LogP contribution in [-0.2, 0) is 0 Å². The van der Waals surface area contributed by atoms with Crippen molar-refractivity contribution in [3.05, 3.63) is 66.2 Å². The van der Waals surface area contributed by atoms with Gasteiger partial charge in [0.2, 0.25) is 0 Å². The molecule has 1 unspecified atom stereocenters. The van der Waals surface area contributed by atoms with E-state index in [0.29, 0.717) is 5.92 Å². The van der Waals surface area contributed by atoms with Crippen molar-refractivity contribution in [1.29, 1.82) is 0 Å². The molecule has 6 heteroatoms. The zero-order valence-electron chi connectivity index (χ0n) is 15.8. The minimum Gasteiger partial charge on any atom is -0.338 e.